The summed E-state index contributed by atoms with van der Waals surface area (Å²) in [4.78, 5) is 37.8. The summed E-state index contributed by atoms with van der Waals surface area (Å²) in [7, 11) is 0. The van der Waals surface area contributed by atoms with E-state index < -0.39 is 23.8 Å². The summed E-state index contributed by atoms with van der Waals surface area (Å²) in [6, 6.07) is 14.2. The van der Waals surface area contributed by atoms with Gasteiger partial charge >= 0.3 is 12.0 Å². The van der Waals surface area contributed by atoms with Crippen molar-refractivity contribution in [1.82, 2.24) is 10.3 Å². The number of hydrogen-bond donors (Lipinski definition) is 4. The molecule has 0 aliphatic rings. The van der Waals surface area contributed by atoms with Gasteiger partial charge in [0.2, 0.25) is 5.88 Å². The first kappa shape index (κ1) is 19.5. The van der Waals surface area contributed by atoms with E-state index in [0.717, 1.165) is 6.08 Å². The molecule has 0 aliphatic carbocycles. The van der Waals surface area contributed by atoms with Crippen molar-refractivity contribution >= 4 is 34.5 Å². The van der Waals surface area contributed by atoms with Crippen LogP contribution in [0.25, 0.3) is 10.9 Å². The lowest BCUT2D eigenvalue weighted by molar-refractivity contribution is -0.137. The van der Waals surface area contributed by atoms with Crippen LogP contribution >= 0.6 is 0 Å². The van der Waals surface area contributed by atoms with Gasteiger partial charge in [-0.1, -0.05) is 59.7 Å². The second-order valence-corrected chi connectivity index (χ2v) is 5.95. The first-order chi connectivity index (χ1) is 14.0. The standard InChI is InChI=1S/C20H16N4O5/c25-16(11-10-13(19(27)28)12-6-2-1-3-7-12)22-20(29)24-23-17-14-8-4-5-9-15(14)21-18(17)26/h1-11,13,21,26H,(H,27,28)(H,22,25,29)/b11-10+,24-23?. The molecule has 1 atom stereocenters. The average molecular weight is 392 g/mol. The summed E-state index contributed by atoms with van der Waals surface area (Å²) in [5.74, 6) is -3.29. The Kier molecular flexibility index (Phi) is 5.79. The lowest BCUT2D eigenvalue weighted by Gasteiger charge is -2.07. The first-order valence-corrected chi connectivity index (χ1v) is 8.48. The number of H-pyrrole nitrogens is 1. The number of benzene rings is 2. The van der Waals surface area contributed by atoms with Crippen molar-refractivity contribution in [3.8, 4) is 5.88 Å². The van der Waals surface area contributed by atoms with E-state index in [1.807, 2.05) is 5.32 Å². The number of imide groups is 1. The third-order valence-corrected chi connectivity index (χ3v) is 4.00. The van der Waals surface area contributed by atoms with Gasteiger partial charge in [0.25, 0.3) is 5.91 Å². The largest absolute Gasteiger partial charge is 0.493 e. The summed E-state index contributed by atoms with van der Waals surface area (Å²) in [6.45, 7) is 0. The summed E-state index contributed by atoms with van der Waals surface area (Å²) in [6.07, 6.45) is 2.12. The van der Waals surface area contributed by atoms with Gasteiger partial charge < -0.3 is 15.2 Å². The number of rotatable bonds is 5. The maximum Gasteiger partial charge on any atom is 0.366 e. The van der Waals surface area contributed by atoms with Gasteiger partial charge in [0, 0.05) is 11.5 Å². The van der Waals surface area contributed by atoms with Gasteiger partial charge in [-0.2, -0.15) is 0 Å². The minimum absolute atomic E-state index is 0.0637. The van der Waals surface area contributed by atoms with Crippen molar-refractivity contribution in [2.75, 3.05) is 0 Å². The molecule has 1 unspecified atom stereocenters. The molecule has 0 bridgehead atoms. The maximum atomic E-state index is 11.9. The molecule has 29 heavy (non-hydrogen) atoms. The fourth-order valence-corrected chi connectivity index (χ4v) is 2.66. The number of carboxylic acid groups (broad SMARTS) is 1. The number of carbonyl (C=O) groups is 3. The molecule has 1 heterocycles. The van der Waals surface area contributed by atoms with Gasteiger partial charge in [-0.3, -0.25) is 14.9 Å². The molecule has 3 rings (SSSR count). The summed E-state index contributed by atoms with van der Waals surface area (Å²) in [5.41, 5.74) is 1.16. The number of urea groups is 1. The number of fused-ring (bicyclic) bond motifs is 1. The highest BCUT2D eigenvalue weighted by Gasteiger charge is 2.17. The Balaban J connectivity index is 1.66. The van der Waals surface area contributed by atoms with Crippen molar-refractivity contribution in [3.05, 3.63) is 72.3 Å². The second-order valence-electron chi connectivity index (χ2n) is 5.95. The number of carbonyl (C=O) groups excluding carboxylic acids is 2. The van der Waals surface area contributed by atoms with Crippen LogP contribution in [-0.2, 0) is 9.59 Å². The molecule has 0 fully saturated rings. The lowest BCUT2D eigenvalue weighted by Crippen LogP contribution is -2.25. The van der Waals surface area contributed by atoms with Crippen LogP contribution in [0.2, 0.25) is 0 Å². The van der Waals surface area contributed by atoms with Gasteiger partial charge in [-0.05, 0) is 11.6 Å². The Morgan fingerprint density at radius 3 is 2.45 bits per heavy atom. The molecule has 4 N–H and O–H groups in total. The monoisotopic (exact) mass is 392 g/mol. The van der Waals surface area contributed by atoms with E-state index in [-0.39, 0.29) is 11.6 Å². The number of hydrogen-bond acceptors (Lipinski definition) is 5. The Morgan fingerprint density at radius 1 is 1.03 bits per heavy atom. The third kappa shape index (κ3) is 4.72. The number of azo groups is 1. The fraction of sp³-hybridized carbons (Fsp3) is 0.0500. The quantitative estimate of drug-likeness (QED) is 0.387. The Bertz CT molecular complexity index is 1120. The zero-order valence-corrected chi connectivity index (χ0v) is 14.9. The van der Waals surface area contributed by atoms with Gasteiger partial charge in [0.15, 0.2) is 5.69 Å². The zero-order valence-electron chi connectivity index (χ0n) is 14.9. The van der Waals surface area contributed by atoms with Crippen molar-refractivity contribution in [2.45, 2.75) is 5.92 Å². The Labute approximate surface area is 164 Å². The van der Waals surface area contributed by atoms with Crippen LogP contribution in [0.3, 0.4) is 0 Å². The summed E-state index contributed by atoms with van der Waals surface area (Å²) >= 11 is 0. The molecular formula is C20H16N4O5. The Hall–Kier alpha value is -4.27. The van der Waals surface area contributed by atoms with Crippen molar-refractivity contribution in [3.63, 3.8) is 0 Å². The lowest BCUT2D eigenvalue weighted by atomic mass is 9.99. The number of nitrogens with one attached hydrogen (secondary N) is 2. The fourth-order valence-electron chi connectivity index (χ4n) is 2.66. The average Bonchev–Trinajstić information content (AvgIpc) is 3.02. The zero-order chi connectivity index (χ0) is 20.8. The second kappa shape index (κ2) is 8.61. The Morgan fingerprint density at radius 2 is 1.72 bits per heavy atom. The maximum absolute atomic E-state index is 11.9. The smallest absolute Gasteiger partial charge is 0.366 e. The molecule has 0 radical (unpaired) electrons. The molecule has 3 aromatic rings. The van der Waals surface area contributed by atoms with E-state index in [0.29, 0.717) is 16.5 Å². The molecule has 146 valence electrons. The van der Waals surface area contributed by atoms with Gasteiger partial charge in [0.1, 0.15) is 5.92 Å². The minimum Gasteiger partial charge on any atom is -0.493 e. The summed E-state index contributed by atoms with van der Waals surface area (Å²) in [5, 5.41) is 28.7. The highest BCUT2D eigenvalue weighted by molar-refractivity contribution is 6.01. The van der Waals surface area contributed by atoms with Gasteiger partial charge in [-0.15, -0.1) is 5.11 Å². The van der Waals surface area contributed by atoms with Crippen LogP contribution in [0.4, 0.5) is 10.5 Å². The van der Waals surface area contributed by atoms with Crippen LogP contribution in [0.1, 0.15) is 11.5 Å². The van der Waals surface area contributed by atoms with Crippen LogP contribution in [-0.4, -0.2) is 33.1 Å². The molecule has 1 aromatic heterocycles. The van der Waals surface area contributed by atoms with Crippen molar-refractivity contribution < 1.29 is 24.6 Å². The molecule has 3 amide bonds. The van der Waals surface area contributed by atoms with Gasteiger partial charge in [-0.25, -0.2) is 4.79 Å². The molecule has 9 heteroatoms. The molecule has 0 spiro atoms. The first-order valence-electron chi connectivity index (χ1n) is 8.48. The number of aliphatic carboxylic acids is 1. The summed E-state index contributed by atoms with van der Waals surface area (Å²) < 4.78 is 0. The number of aromatic hydroxyl groups is 1. The van der Waals surface area contributed by atoms with E-state index in [2.05, 4.69) is 15.2 Å². The van der Waals surface area contributed by atoms with Crippen LogP contribution in [0.5, 0.6) is 5.88 Å². The number of aromatic nitrogens is 1. The number of para-hydroxylation sites is 1. The normalized spacial score (nSPS) is 12.4. The van der Waals surface area contributed by atoms with Crippen LogP contribution < -0.4 is 5.32 Å². The van der Waals surface area contributed by atoms with E-state index in [4.69, 9.17) is 0 Å². The molecule has 0 aliphatic heterocycles. The SMILES string of the molecule is O=C(/C=C/C(C(=O)O)c1ccccc1)NC(=O)N=Nc1c(O)[nH]c2ccccc12. The van der Waals surface area contributed by atoms with E-state index in [1.54, 1.807) is 54.6 Å². The number of aromatic amines is 1. The molecule has 2 aromatic carbocycles. The highest BCUT2D eigenvalue weighted by atomic mass is 16.4. The molecular weight excluding hydrogens is 376 g/mol. The van der Waals surface area contributed by atoms with E-state index in [9.17, 15) is 24.6 Å². The molecule has 9 nitrogen and oxygen atoms in total. The predicted molar refractivity (Wildman–Crippen MR) is 104 cm³/mol. The van der Waals surface area contributed by atoms with Crippen LogP contribution in [0, 0.1) is 0 Å². The molecule has 0 saturated heterocycles. The van der Waals surface area contributed by atoms with Crippen molar-refractivity contribution in [1.29, 1.82) is 0 Å². The number of nitrogens with zero attached hydrogens (tertiary/aromatic N) is 2. The van der Waals surface area contributed by atoms with Gasteiger partial charge in [0.05, 0.1) is 5.52 Å². The highest BCUT2D eigenvalue weighted by Crippen LogP contribution is 2.35. The minimum atomic E-state index is -1.14. The molecule has 0 saturated carbocycles. The topological polar surface area (TPSA) is 144 Å². The number of amides is 3. The van der Waals surface area contributed by atoms with E-state index in [1.165, 1.54) is 6.08 Å². The number of carboxylic acids is 1. The van der Waals surface area contributed by atoms with E-state index >= 15 is 0 Å². The van der Waals surface area contributed by atoms with Crippen molar-refractivity contribution in [2.24, 2.45) is 10.2 Å². The third-order valence-electron chi connectivity index (χ3n) is 4.00. The van der Waals surface area contributed by atoms with Crippen LogP contribution in [0.15, 0.2) is 77.0 Å². The predicted octanol–water partition coefficient (Wildman–Crippen LogP) is 3.62.